The van der Waals surface area contributed by atoms with E-state index >= 15 is 0 Å². The number of nitrogens with zero attached hydrogens (tertiary/aromatic N) is 3. The second-order valence-corrected chi connectivity index (χ2v) is 3.79. The minimum atomic E-state index is 0.316. The van der Waals surface area contributed by atoms with E-state index in [0.717, 1.165) is 0 Å². The summed E-state index contributed by atoms with van der Waals surface area (Å²) in [4.78, 5) is 12.6. The number of aromatic nitrogens is 3. The highest BCUT2D eigenvalue weighted by atomic mass is 32.2. The molecule has 1 heterocycles. The summed E-state index contributed by atoms with van der Waals surface area (Å²) in [5, 5.41) is 6.75. The monoisotopic (exact) mass is 213 g/mol. The molecule has 0 aliphatic carbocycles. The molecule has 6 heteroatoms. The van der Waals surface area contributed by atoms with Crippen molar-refractivity contribution in [2.24, 2.45) is 0 Å². The summed E-state index contributed by atoms with van der Waals surface area (Å²) in [5.41, 5.74) is 0. The van der Waals surface area contributed by atoms with Crippen LogP contribution in [0, 0.1) is 0 Å². The Balaban J connectivity index is 2.92. The molecule has 0 saturated heterocycles. The lowest BCUT2D eigenvalue weighted by molar-refractivity contribution is 0.838. The maximum absolute atomic E-state index is 4.23. The Hall–Kier alpha value is -1.04. The summed E-state index contributed by atoms with van der Waals surface area (Å²) in [5.74, 6) is 1.20. The molecule has 0 radical (unpaired) electrons. The smallest absolute Gasteiger partial charge is 0.228 e. The first-order valence-corrected chi connectivity index (χ1v) is 5.62. The Labute approximate surface area is 88.1 Å². The molecule has 78 valence electrons. The Bertz CT molecular complexity index is 280. The standard InChI is InChI=1S/C8H15N5S/c1-5(2)10-7-11-6(9-3)12-8(13-7)14-4/h5H,1-4H3,(H2,9,10,11,12,13). The maximum atomic E-state index is 4.23. The van der Waals surface area contributed by atoms with Crippen LogP contribution in [0.1, 0.15) is 13.8 Å². The molecule has 0 fully saturated rings. The first-order chi connectivity index (χ1) is 6.65. The van der Waals surface area contributed by atoms with Crippen LogP contribution in [-0.4, -0.2) is 34.3 Å². The van der Waals surface area contributed by atoms with E-state index in [0.29, 0.717) is 23.1 Å². The summed E-state index contributed by atoms with van der Waals surface area (Å²) >= 11 is 1.50. The van der Waals surface area contributed by atoms with Gasteiger partial charge in [-0.1, -0.05) is 11.8 Å². The van der Waals surface area contributed by atoms with E-state index in [1.54, 1.807) is 7.05 Å². The Morgan fingerprint density at radius 3 is 2.29 bits per heavy atom. The first-order valence-electron chi connectivity index (χ1n) is 4.40. The third kappa shape index (κ3) is 3.02. The zero-order valence-corrected chi connectivity index (χ0v) is 9.64. The molecule has 0 saturated carbocycles. The van der Waals surface area contributed by atoms with Crippen molar-refractivity contribution in [3.63, 3.8) is 0 Å². The van der Waals surface area contributed by atoms with Gasteiger partial charge in [0.1, 0.15) is 0 Å². The first kappa shape index (κ1) is 11.0. The zero-order chi connectivity index (χ0) is 10.6. The van der Waals surface area contributed by atoms with E-state index in [9.17, 15) is 0 Å². The van der Waals surface area contributed by atoms with Crippen molar-refractivity contribution in [1.29, 1.82) is 0 Å². The van der Waals surface area contributed by atoms with Gasteiger partial charge in [-0.3, -0.25) is 0 Å². The number of hydrogen-bond donors (Lipinski definition) is 2. The second-order valence-electron chi connectivity index (χ2n) is 3.02. The molecule has 0 aliphatic heterocycles. The molecule has 1 rings (SSSR count). The van der Waals surface area contributed by atoms with E-state index in [1.165, 1.54) is 11.8 Å². The van der Waals surface area contributed by atoms with Gasteiger partial charge in [-0.2, -0.15) is 15.0 Å². The van der Waals surface area contributed by atoms with E-state index in [1.807, 2.05) is 20.1 Å². The van der Waals surface area contributed by atoms with E-state index in [4.69, 9.17) is 0 Å². The van der Waals surface area contributed by atoms with Crippen molar-refractivity contribution in [3.05, 3.63) is 0 Å². The molecular formula is C8H15N5S. The van der Waals surface area contributed by atoms with Gasteiger partial charge in [0.25, 0.3) is 0 Å². The third-order valence-corrected chi connectivity index (χ3v) is 1.99. The lowest BCUT2D eigenvalue weighted by Gasteiger charge is -2.09. The molecule has 5 nitrogen and oxygen atoms in total. The molecule has 0 unspecified atom stereocenters. The summed E-state index contributed by atoms with van der Waals surface area (Å²) in [6.45, 7) is 4.09. The average molecular weight is 213 g/mol. The number of anilines is 2. The van der Waals surface area contributed by atoms with Crippen LogP contribution in [0.5, 0.6) is 0 Å². The molecule has 2 N–H and O–H groups in total. The molecule has 14 heavy (non-hydrogen) atoms. The summed E-state index contributed by atoms with van der Waals surface area (Å²) in [7, 11) is 1.79. The van der Waals surface area contributed by atoms with E-state index in [2.05, 4.69) is 25.6 Å². The van der Waals surface area contributed by atoms with Gasteiger partial charge in [0, 0.05) is 13.1 Å². The molecule has 0 bridgehead atoms. The normalized spacial score (nSPS) is 10.4. The highest BCUT2D eigenvalue weighted by Gasteiger charge is 2.04. The summed E-state index contributed by atoms with van der Waals surface area (Å²) in [6.07, 6.45) is 1.94. The molecular weight excluding hydrogens is 198 g/mol. The lowest BCUT2D eigenvalue weighted by Crippen LogP contribution is -2.14. The number of rotatable bonds is 4. The van der Waals surface area contributed by atoms with Crippen molar-refractivity contribution in [2.75, 3.05) is 23.9 Å². The van der Waals surface area contributed by atoms with Crippen LogP contribution in [-0.2, 0) is 0 Å². The highest BCUT2D eigenvalue weighted by Crippen LogP contribution is 2.13. The fourth-order valence-electron chi connectivity index (χ4n) is 0.882. The second kappa shape index (κ2) is 4.99. The molecule has 0 amide bonds. The van der Waals surface area contributed by atoms with Crippen LogP contribution in [0.4, 0.5) is 11.9 Å². The predicted molar refractivity (Wildman–Crippen MR) is 59.9 cm³/mol. The van der Waals surface area contributed by atoms with Gasteiger partial charge in [0.2, 0.25) is 11.9 Å². The quantitative estimate of drug-likeness (QED) is 0.738. The summed E-state index contributed by atoms with van der Waals surface area (Å²) in [6, 6.07) is 0.316. The summed E-state index contributed by atoms with van der Waals surface area (Å²) < 4.78 is 0. The van der Waals surface area contributed by atoms with Gasteiger partial charge >= 0.3 is 0 Å². The zero-order valence-electron chi connectivity index (χ0n) is 8.83. The van der Waals surface area contributed by atoms with Gasteiger partial charge in [-0.05, 0) is 20.1 Å². The predicted octanol–water partition coefficient (Wildman–Crippen LogP) is 1.46. The van der Waals surface area contributed by atoms with Gasteiger partial charge in [-0.15, -0.1) is 0 Å². The molecule has 1 aromatic heterocycles. The Morgan fingerprint density at radius 1 is 1.14 bits per heavy atom. The van der Waals surface area contributed by atoms with Crippen molar-refractivity contribution in [2.45, 2.75) is 25.0 Å². The van der Waals surface area contributed by atoms with Crippen LogP contribution in [0.15, 0.2) is 5.16 Å². The van der Waals surface area contributed by atoms with Gasteiger partial charge in [0.15, 0.2) is 5.16 Å². The molecule has 0 aliphatic rings. The maximum Gasteiger partial charge on any atom is 0.228 e. The lowest BCUT2D eigenvalue weighted by atomic mass is 10.4. The van der Waals surface area contributed by atoms with Crippen molar-refractivity contribution in [1.82, 2.24) is 15.0 Å². The van der Waals surface area contributed by atoms with Crippen LogP contribution in [0.3, 0.4) is 0 Å². The molecule has 1 aromatic rings. The van der Waals surface area contributed by atoms with Crippen LogP contribution in [0.25, 0.3) is 0 Å². The van der Waals surface area contributed by atoms with Crippen molar-refractivity contribution in [3.8, 4) is 0 Å². The largest absolute Gasteiger partial charge is 0.357 e. The van der Waals surface area contributed by atoms with Gasteiger partial charge in [-0.25, -0.2) is 0 Å². The fourth-order valence-corrected chi connectivity index (χ4v) is 1.24. The van der Waals surface area contributed by atoms with E-state index in [-0.39, 0.29) is 0 Å². The molecule has 0 aromatic carbocycles. The third-order valence-electron chi connectivity index (χ3n) is 1.44. The van der Waals surface area contributed by atoms with Gasteiger partial charge < -0.3 is 10.6 Å². The number of thioether (sulfide) groups is 1. The highest BCUT2D eigenvalue weighted by molar-refractivity contribution is 7.98. The SMILES string of the molecule is CNc1nc(NC(C)C)nc(SC)n1. The van der Waals surface area contributed by atoms with Crippen molar-refractivity contribution < 1.29 is 0 Å². The number of nitrogens with one attached hydrogen (secondary N) is 2. The Morgan fingerprint density at radius 2 is 1.79 bits per heavy atom. The fraction of sp³-hybridized carbons (Fsp3) is 0.625. The topological polar surface area (TPSA) is 62.7 Å². The Kier molecular flexibility index (Phi) is 3.94. The minimum absolute atomic E-state index is 0.316. The minimum Gasteiger partial charge on any atom is -0.357 e. The van der Waals surface area contributed by atoms with Gasteiger partial charge in [0.05, 0.1) is 0 Å². The number of hydrogen-bond acceptors (Lipinski definition) is 6. The van der Waals surface area contributed by atoms with Crippen LogP contribution < -0.4 is 10.6 Å². The molecule has 0 atom stereocenters. The van der Waals surface area contributed by atoms with Crippen molar-refractivity contribution >= 4 is 23.7 Å². The van der Waals surface area contributed by atoms with Crippen LogP contribution in [0.2, 0.25) is 0 Å². The van der Waals surface area contributed by atoms with E-state index < -0.39 is 0 Å². The van der Waals surface area contributed by atoms with Crippen LogP contribution >= 0.6 is 11.8 Å². The average Bonchev–Trinajstić information content (AvgIpc) is 2.16. The molecule has 0 spiro atoms.